The predicted molar refractivity (Wildman–Crippen MR) is 102 cm³/mol. The van der Waals surface area contributed by atoms with Crippen molar-refractivity contribution in [3.05, 3.63) is 64.7 Å². The molecule has 7 heteroatoms. The number of aromatic nitrogens is 1. The molecular formula is C20H23ClFN3O2. The SMILES string of the molecule is O=C(CCc1cncc(F)c1)NC[C@H](c1ccccc1Cl)N1CCOCC1. The summed E-state index contributed by atoms with van der Waals surface area (Å²) < 4.78 is 18.6. The highest BCUT2D eigenvalue weighted by atomic mass is 35.5. The summed E-state index contributed by atoms with van der Waals surface area (Å²) in [4.78, 5) is 18.4. The number of halogens is 2. The molecule has 0 saturated carbocycles. The van der Waals surface area contributed by atoms with Gasteiger partial charge in [-0.2, -0.15) is 0 Å². The van der Waals surface area contributed by atoms with Gasteiger partial charge in [0.05, 0.1) is 25.5 Å². The van der Waals surface area contributed by atoms with Crippen LogP contribution in [0.5, 0.6) is 0 Å². The van der Waals surface area contributed by atoms with E-state index in [9.17, 15) is 9.18 Å². The summed E-state index contributed by atoms with van der Waals surface area (Å²) in [6, 6.07) is 9.10. The maximum atomic E-state index is 13.2. The fourth-order valence-electron chi connectivity index (χ4n) is 3.22. The van der Waals surface area contributed by atoms with Crippen LogP contribution >= 0.6 is 11.6 Å². The maximum absolute atomic E-state index is 13.2. The highest BCUT2D eigenvalue weighted by molar-refractivity contribution is 6.31. The molecule has 0 spiro atoms. The fourth-order valence-corrected chi connectivity index (χ4v) is 3.48. The van der Waals surface area contributed by atoms with Crippen molar-refractivity contribution in [1.29, 1.82) is 0 Å². The first-order valence-corrected chi connectivity index (χ1v) is 9.43. The lowest BCUT2D eigenvalue weighted by Gasteiger charge is -2.35. The van der Waals surface area contributed by atoms with Crippen molar-refractivity contribution < 1.29 is 13.9 Å². The number of hydrogen-bond donors (Lipinski definition) is 1. The van der Waals surface area contributed by atoms with Crippen LogP contribution < -0.4 is 5.32 Å². The van der Waals surface area contributed by atoms with Crippen molar-refractivity contribution in [3.63, 3.8) is 0 Å². The molecule has 3 rings (SSSR count). The van der Waals surface area contributed by atoms with E-state index in [4.69, 9.17) is 16.3 Å². The number of pyridine rings is 1. The Morgan fingerprint density at radius 2 is 2.07 bits per heavy atom. The summed E-state index contributed by atoms with van der Waals surface area (Å²) in [6.45, 7) is 3.38. The van der Waals surface area contributed by atoms with Gasteiger partial charge in [0.2, 0.25) is 5.91 Å². The molecule has 0 radical (unpaired) electrons. The van der Waals surface area contributed by atoms with Gasteiger partial charge in [-0.05, 0) is 29.7 Å². The zero-order valence-electron chi connectivity index (χ0n) is 15.0. The molecule has 1 saturated heterocycles. The minimum atomic E-state index is -0.390. The molecule has 1 atom stereocenters. The molecule has 144 valence electrons. The Morgan fingerprint density at radius 3 is 2.81 bits per heavy atom. The quantitative estimate of drug-likeness (QED) is 0.788. The van der Waals surface area contributed by atoms with Crippen LogP contribution in [0.1, 0.15) is 23.6 Å². The molecule has 1 aromatic carbocycles. The van der Waals surface area contributed by atoms with Crippen LogP contribution in [0.4, 0.5) is 4.39 Å². The molecule has 1 fully saturated rings. The number of rotatable bonds is 7. The number of hydrogen-bond acceptors (Lipinski definition) is 4. The number of amides is 1. The third kappa shape index (κ3) is 5.73. The molecule has 1 aliphatic heterocycles. The van der Waals surface area contributed by atoms with Gasteiger partial charge in [-0.15, -0.1) is 0 Å². The molecule has 5 nitrogen and oxygen atoms in total. The zero-order chi connectivity index (χ0) is 19.1. The summed E-state index contributed by atoms with van der Waals surface area (Å²) >= 11 is 6.40. The lowest BCUT2D eigenvalue weighted by molar-refractivity contribution is -0.121. The Hall–Kier alpha value is -2.02. The van der Waals surface area contributed by atoms with E-state index in [0.29, 0.717) is 36.8 Å². The largest absolute Gasteiger partial charge is 0.379 e. The van der Waals surface area contributed by atoms with E-state index in [1.165, 1.54) is 6.07 Å². The van der Waals surface area contributed by atoms with Gasteiger partial charge in [0.1, 0.15) is 5.82 Å². The van der Waals surface area contributed by atoms with Crippen LogP contribution in [0.25, 0.3) is 0 Å². The van der Waals surface area contributed by atoms with Gasteiger partial charge in [0, 0.05) is 37.3 Å². The summed E-state index contributed by atoms with van der Waals surface area (Å²) in [5, 5.41) is 3.69. The zero-order valence-corrected chi connectivity index (χ0v) is 15.8. The summed E-state index contributed by atoms with van der Waals surface area (Å²) in [5.74, 6) is -0.469. The average molecular weight is 392 g/mol. The van der Waals surface area contributed by atoms with E-state index in [1.807, 2.05) is 24.3 Å². The van der Waals surface area contributed by atoms with E-state index in [-0.39, 0.29) is 24.2 Å². The lowest BCUT2D eigenvalue weighted by Crippen LogP contribution is -2.44. The summed E-state index contributed by atoms with van der Waals surface area (Å²) in [7, 11) is 0. The minimum absolute atomic E-state index is 0.0117. The van der Waals surface area contributed by atoms with Crippen molar-refractivity contribution in [2.24, 2.45) is 0 Å². The number of benzene rings is 1. The summed E-state index contributed by atoms with van der Waals surface area (Å²) in [6.07, 6.45) is 3.46. The third-order valence-corrected chi connectivity index (χ3v) is 4.99. The van der Waals surface area contributed by atoms with Crippen LogP contribution in [-0.2, 0) is 16.0 Å². The second-order valence-electron chi connectivity index (χ2n) is 6.50. The van der Waals surface area contributed by atoms with Crippen LogP contribution in [0.15, 0.2) is 42.7 Å². The van der Waals surface area contributed by atoms with E-state index in [1.54, 1.807) is 6.20 Å². The van der Waals surface area contributed by atoms with Crippen LogP contribution in [-0.4, -0.2) is 48.6 Å². The van der Waals surface area contributed by atoms with Crippen molar-refractivity contribution in [2.45, 2.75) is 18.9 Å². The fraction of sp³-hybridized carbons (Fsp3) is 0.400. The molecule has 1 aromatic heterocycles. The average Bonchev–Trinajstić information content (AvgIpc) is 2.69. The van der Waals surface area contributed by atoms with Gasteiger partial charge in [-0.25, -0.2) is 4.39 Å². The first-order valence-electron chi connectivity index (χ1n) is 9.06. The van der Waals surface area contributed by atoms with Gasteiger partial charge in [-0.1, -0.05) is 29.8 Å². The maximum Gasteiger partial charge on any atom is 0.220 e. The normalized spacial score (nSPS) is 16.1. The minimum Gasteiger partial charge on any atom is -0.379 e. The van der Waals surface area contributed by atoms with Crippen molar-refractivity contribution >= 4 is 17.5 Å². The van der Waals surface area contributed by atoms with Crippen molar-refractivity contribution in [1.82, 2.24) is 15.2 Å². The molecule has 27 heavy (non-hydrogen) atoms. The highest BCUT2D eigenvalue weighted by Crippen LogP contribution is 2.27. The van der Waals surface area contributed by atoms with Gasteiger partial charge in [0.25, 0.3) is 0 Å². The second-order valence-corrected chi connectivity index (χ2v) is 6.91. The third-order valence-electron chi connectivity index (χ3n) is 4.65. The van der Waals surface area contributed by atoms with Crippen LogP contribution in [0.3, 0.4) is 0 Å². The van der Waals surface area contributed by atoms with Gasteiger partial charge in [-0.3, -0.25) is 14.7 Å². The molecule has 2 heterocycles. The molecule has 1 aliphatic rings. The standard InChI is InChI=1S/C20H23ClFN3O2/c21-18-4-2-1-3-17(18)19(25-7-9-27-10-8-25)14-24-20(26)6-5-15-11-16(22)13-23-12-15/h1-4,11-13,19H,5-10,14H2,(H,24,26)/t19-/m1/s1. The number of carbonyl (C=O) groups is 1. The number of nitrogens with one attached hydrogen (secondary N) is 1. The number of carbonyl (C=O) groups excluding carboxylic acids is 1. The molecule has 1 amide bonds. The molecule has 1 N–H and O–H groups in total. The van der Waals surface area contributed by atoms with Crippen molar-refractivity contribution in [2.75, 3.05) is 32.8 Å². The Balaban J connectivity index is 1.60. The lowest BCUT2D eigenvalue weighted by atomic mass is 10.0. The van der Waals surface area contributed by atoms with E-state index < -0.39 is 0 Å². The molecule has 0 bridgehead atoms. The van der Waals surface area contributed by atoms with Crippen LogP contribution in [0, 0.1) is 5.82 Å². The first-order chi connectivity index (χ1) is 13.1. The molecular weight excluding hydrogens is 369 g/mol. The molecule has 0 unspecified atom stereocenters. The van der Waals surface area contributed by atoms with Crippen molar-refractivity contribution in [3.8, 4) is 0 Å². The monoisotopic (exact) mass is 391 g/mol. The smallest absolute Gasteiger partial charge is 0.220 e. The number of nitrogens with zero attached hydrogens (tertiary/aromatic N) is 2. The Morgan fingerprint density at radius 1 is 1.30 bits per heavy atom. The first kappa shape index (κ1) is 19.7. The van der Waals surface area contributed by atoms with E-state index in [0.717, 1.165) is 24.8 Å². The Labute approximate surface area is 163 Å². The van der Waals surface area contributed by atoms with E-state index in [2.05, 4.69) is 15.2 Å². The van der Waals surface area contributed by atoms with E-state index >= 15 is 0 Å². The highest BCUT2D eigenvalue weighted by Gasteiger charge is 2.24. The van der Waals surface area contributed by atoms with Crippen LogP contribution in [0.2, 0.25) is 5.02 Å². The van der Waals surface area contributed by atoms with Gasteiger partial charge < -0.3 is 10.1 Å². The van der Waals surface area contributed by atoms with Gasteiger partial charge in [0.15, 0.2) is 0 Å². The molecule has 2 aromatic rings. The predicted octanol–water partition coefficient (Wildman–Crippen LogP) is 3.00. The number of morpholine rings is 1. The van der Waals surface area contributed by atoms with Gasteiger partial charge >= 0.3 is 0 Å². The number of ether oxygens (including phenoxy) is 1. The topological polar surface area (TPSA) is 54.5 Å². The Bertz CT molecular complexity index is 768. The Kier molecular flexibility index (Phi) is 7.15. The molecule has 0 aliphatic carbocycles. The summed E-state index contributed by atoms with van der Waals surface area (Å²) in [5.41, 5.74) is 1.71. The number of aryl methyl sites for hydroxylation is 1. The second kappa shape index (κ2) is 9.78.